The van der Waals surface area contributed by atoms with Crippen molar-refractivity contribution < 1.29 is 0 Å². The molecule has 98 valence electrons. The zero-order valence-corrected chi connectivity index (χ0v) is 16.6. The Morgan fingerprint density at radius 2 is 0.556 bits per heavy atom. The first-order valence-electron chi connectivity index (χ1n) is 6.59. The average molecular weight is 366 g/mol. The van der Waals surface area contributed by atoms with Crippen molar-refractivity contribution in [3.05, 3.63) is 39.7 Å². The Kier molecular flexibility index (Phi) is 3.93. The summed E-state index contributed by atoms with van der Waals surface area (Å²) >= 11 is -1.84. The molecule has 0 N–H and O–H groups in total. The molecule has 0 aromatic heterocycles. The Morgan fingerprint density at radius 3 is 0.722 bits per heavy atom. The number of allylic oxidation sites excluding steroid dienone is 8. The van der Waals surface area contributed by atoms with Crippen molar-refractivity contribution in [3.63, 3.8) is 0 Å². The topological polar surface area (TPSA) is 0 Å². The molecule has 0 nitrogen and oxygen atoms in total. The Balaban J connectivity index is 2.54. The molecular formula is C16H24As2. The van der Waals surface area contributed by atoms with Crippen molar-refractivity contribution in [2.45, 2.75) is 55.4 Å². The minimum absolute atomic E-state index is 0.921. The van der Waals surface area contributed by atoms with Gasteiger partial charge in [-0.2, -0.15) is 0 Å². The van der Waals surface area contributed by atoms with E-state index in [-0.39, 0.29) is 0 Å². The van der Waals surface area contributed by atoms with Gasteiger partial charge in [0.05, 0.1) is 0 Å². The molecule has 0 bridgehead atoms. The molecule has 2 heterocycles. The molecule has 0 saturated carbocycles. The van der Waals surface area contributed by atoms with Crippen LogP contribution in [0.15, 0.2) is 39.7 Å². The zero-order chi connectivity index (χ0) is 13.8. The van der Waals surface area contributed by atoms with Crippen LogP contribution in [0.3, 0.4) is 0 Å². The van der Waals surface area contributed by atoms with E-state index in [0.29, 0.717) is 0 Å². The standard InChI is InChI=1S/C16H24As2/c1-9-10(2)14(6)17(13(9)5)18-15(7)11(3)12(4)16(18)8/h1-8H3. The molecule has 0 aromatic rings. The second kappa shape index (κ2) is 4.88. The van der Waals surface area contributed by atoms with E-state index in [1.807, 2.05) is 0 Å². The summed E-state index contributed by atoms with van der Waals surface area (Å²) in [5.74, 6) is 0. The van der Waals surface area contributed by atoms with Crippen LogP contribution in [0.1, 0.15) is 55.4 Å². The van der Waals surface area contributed by atoms with Crippen LogP contribution in [0.25, 0.3) is 0 Å². The van der Waals surface area contributed by atoms with Gasteiger partial charge in [0.2, 0.25) is 0 Å². The monoisotopic (exact) mass is 366 g/mol. The van der Waals surface area contributed by atoms with Gasteiger partial charge in [-0.15, -0.1) is 0 Å². The average Bonchev–Trinajstić information content (AvgIpc) is 2.64. The van der Waals surface area contributed by atoms with Gasteiger partial charge in [0.15, 0.2) is 0 Å². The maximum atomic E-state index is 2.42. The Bertz CT molecular complexity index is 443. The molecule has 0 aliphatic carbocycles. The predicted molar refractivity (Wildman–Crippen MR) is 85.0 cm³/mol. The van der Waals surface area contributed by atoms with Crippen molar-refractivity contribution in [3.8, 4) is 0 Å². The third-order valence-corrected chi connectivity index (χ3v) is 31.2. The van der Waals surface area contributed by atoms with Crippen LogP contribution >= 0.6 is 0 Å². The summed E-state index contributed by atoms with van der Waals surface area (Å²) in [7, 11) is 0. The molecule has 0 fully saturated rings. The van der Waals surface area contributed by atoms with E-state index in [2.05, 4.69) is 55.4 Å². The summed E-state index contributed by atoms with van der Waals surface area (Å²) < 4.78 is 7.16. The van der Waals surface area contributed by atoms with Crippen LogP contribution in [0.4, 0.5) is 0 Å². The van der Waals surface area contributed by atoms with Gasteiger partial charge in [-0.1, -0.05) is 0 Å². The first-order chi connectivity index (χ1) is 8.29. The Hall–Kier alpha value is 0.0769. The van der Waals surface area contributed by atoms with Crippen LogP contribution in [-0.4, -0.2) is 25.2 Å². The van der Waals surface area contributed by atoms with E-state index in [9.17, 15) is 0 Å². The van der Waals surface area contributed by atoms with Gasteiger partial charge >= 0.3 is 120 Å². The van der Waals surface area contributed by atoms with Crippen molar-refractivity contribution in [2.75, 3.05) is 0 Å². The fourth-order valence-corrected chi connectivity index (χ4v) is 31.1. The van der Waals surface area contributed by atoms with Crippen molar-refractivity contribution in [1.29, 1.82) is 0 Å². The van der Waals surface area contributed by atoms with Crippen molar-refractivity contribution >= 4 is 25.2 Å². The second-order valence-corrected chi connectivity index (χ2v) is 22.4. The molecule has 2 aliphatic rings. The summed E-state index contributed by atoms with van der Waals surface area (Å²) in [5.41, 5.74) is 6.46. The Labute approximate surface area is 120 Å². The van der Waals surface area contributed by atoms with Gasteiger partial charge in [-0.05, 0) is 0 Å². The summed E-state index contributed by atoms with van der Waals surface area (Å²) in [4.78, 5) is 0. The molecule has 0 spiro atoms. The van der Waals surface area contributed by atoms with Gasteiger partial charge < -0.3 is 0 Å². The quantitative estimate of drug-likeness (QED) is 0.596. The van der Waals surface area contributed by atoms with E-state index in [1.165, 1.54) is 0 Å². The second-order valence-electron chi connectivity index (χ2n) is 5.47. The fourth-order valence-electron chi connectivity index (χ4n) is 2.82. The summed E-state index contributed by atoms with van der Waals surface area (Å²) in [5, 5.41) is 0. The SMILES string of the molecule is CC1=C(C)[As]([As]2C(C)=C(C)C(C)=C2C)C(C)=C1C. The van der Waals surface area contributed by atoms with Crippen LogP contribution in [0, 0.1) is 0 Å². The molecule has 2 heteroatoms. The van der Waals surface area contributed by atoms with Crippen LogP contribution in [0.2, 0.25) is 0 Å². The molecule has 0 unspecified atom stereocenters. The Morgan fingerprint density at radius 1 is 0.389 bits per heavy atom. The van der Waals surface area contributed by atoms with Crippen LogP contribution in [-0.2, 0) is 0 Å². The molecule has 0 aromatic carbocycles. The van der Waals surface area contributed by atoms with Gasteiger partial charge in [0, 0.05) is 0 Å². The van der Waals surface area contributed by atoms with E-state index in [1.54, 1.807) is 39.7 Å². The van der Waals surface area contributed by atoms with E-state index >= 15 is 0 Å². The third kappa shape index (κ3) is 1.88. The minimum atomic E-state index is -0.921. The van der Waals surface area contributed by atoms with Crippen LogP contribution < -0.4 is 0 Å². The van der Waals surface area contributed by atoms with Crippen molar-refractivity contribution in [2.24, 2.45) is 0 Å². The number of rotatable bonds is 1. The first kappa shape index (κ1) is 14.5. The molecule has 0 saturated heterocycles. The molecule has 2 aliphatic heterocycles. The van der Waals surface area contributed by atoms with Gasteiger partial charge in [0.1, 0.15) is 0 Å². The van der Waals surface area contributed by atoms with Crippen molar-refractivity contribution in [1.82, 2.24) is 0 Å². The summed E-state index contributed by atoms with van der Waals surface area (Å²) in [6.07, 6.45) is 0. The van der Waals surface area contributed by atoms with E-state index in [4.69, 9.17) is 0 Å². The molecule has 0 atom stereocenters. The zero-order valence-electron chi connectivity index (χ0n) is 12.9. The van der Waals surface area contributed by atoms with Gasteiger partial charge in [-0.25, -0.2) is 0 Å². The fraction of sp³-hybridized carbons (Fsp3) is 0.500. The van der Waals surface area contributed by atoms with E-state index < -0.39 is 25.2 Å². The third-order valence-electron chi connectivity index (χ3n) is 4.77. The first-order valence-corrected chi connectivity index (χ1v) is 15.5. The van der Waals surface area contributed by atoms with Gasteiger partial charge in [-0.3, -0.25) is 0 Å². The van der Waals surface area contributed by atoms with Crippen LogP contribution in [0.5, 0.6) is 0 Å². The number of hydrogen-bond acceptors (Lipinski definition) is 0. The predicted octanol–water partition coefficient (Wildman–Crippen LogP) is 4.58. The molecule has 0 radical (unpaired) electrons. The maximum absolute atomic E-state index is 2.42. The van der Waals surface area contributed by atoms with E-state index in [0.717, 1.165) is 0 Å². The molecule has 0 amide bonds. The van der Waals surface area contributed by atoms with Gasteiger partial charge in [0.25, 0.3) is 0 Å². The summed E-state index contributed by atoms with van der Waals surface area (Å²) in [6, 6.07) is 0. The molecule has 2 rings (SSSR count). The number of hydrogen-bond donors (Lipinski definition) is 0. The molecule has 18 heavy (non-hydrogen) atoms. The normalized spacial score (nSPS) is 23.3. The summed E-state index contributed by atoms with van der Waals surface area (Å²) in [6.45, 7) is 19.1. The molecular weight excluding hydrogens is 342 g/mol.